The summed E-state index contributed by atoms with van der Waals surface area (Å²) in [4.78, 5) is 4.35. The number of ether oxygens (including phenoxy) is 2. The molecule has 4 heteroatoms. The Labute approximate surface area is 119 Å². The van der Waals surface area contributed by atoms with Gasteiger partial charge in [-0.15, -0.1) is 0 Å². The molecule has 2 atom stereocenters. The zero-order valence-corrected chi connectivity index (χ0v) is 11.8. The van der Waals surface area contributed by atoms with Crippen LogP contribution in [0, 0.1) is 0 Å². The first-order valence-corrected chi connectivity index (χ1v) is 6.71. The van der Waals surface area contributed by atoms with Crippen molar-refractivity contribution in [3.05, 3.63) is 54.4 Å². The molecule has 2 unspecified atom stereocenters. The molecule has 0 amide bonds. The summed E-state index contributed by atoms with van der Waals surface area (Å²) >= 11 is 0. The monoisotopic (exact) mass is 272 g/mol. The van der Waals surface area contributed by atoms with E-state index in [0.717, 1.165) is 23.6 Å². The number of methoxy groups -OCH3 is 1. The fourth-order valence-electron chi connectivity index (χ4n) is 1.93. The van der Waals surface area contributed by atoms with E-state index < -0.39 is 0 Å². The zero-order valence-electron chi connectivity index (χ0n) is 11.8. The molecule has 1 aromatic heterocycles. The van der Waals surface area contributed by atoms with Crippen LogP contribution in [-0.4, -0.2) is 18.1 Å². The molecule has 1 aromatic carbocycles. The van der Waals surface area contributed by atoms with Gasteiger partial charge in [-0.3, -0.25) is 4.98 Å². The Balaban J connectivity index is 2.19. The third-order valence-electron chi connectivity index (χ3n) is 3.16. The molecule has 0 saturated heterocycles. The van der Waals surface area contributed by atoms with Gasteiger partial charge in [-0.05, 0) is 42.8 Å². The van der Waals surface area contributed by atoms with Crippen molar-refractivity contribution in [3.63, 3.8) is 0 Å². The molecule has 0 spiro atoms. The third-order valence-corrected chi connectivity index (χ3v) is 3.16. The van der Waals surface area contributed by atoms with Crippen molar-refractivity contribution in [2.75, 3.05) is 7.11 Å². The predicted molar refractivity (Wildman–Crippen MR) is 78.9 cm³/mol. The summed E-state index contributed by atoms with van der Waals surface area (Å²) < 4.78 is 11.1. The van der Waals surface area contributed by atoms with Crippen LogP contribution in [0.4, 0.5) is 0 Å². The molecule has 0 radical (unpaired) electrons. The van der Waals surface area contributed by atoms with E-state index in [1.807, 2.05) is 49.4 Å². The van der Waals surface area contributed by atoms with Gasteiger partial charge in [0.05, 0.1) is 12.8 Å². The highest BCUT2D eigenvalue weighted by atomic mass is 16.5. The van der Waals surface area contributed by atoms with E-state index >= 15 is 0 Å². The minimum Gasteiger partial charge on any atom is -0.497 e. The predicted octanol–water partition coefficient (Wildman–Crippen LogP) is 2.95. The van der Waals surface area contributed by atoms with E-state index in [2.05, 4.69) is 4.98 Å². The molecule has 0 aliphatic carbocycles. The maximum absolute atomic E-state index is 6.16. The zero-order chi connectivity index (χ0) is 14.4. The molecular weight excluding hydrogens is 252 g/mol. The van der Waals surface area contributed by atoms with Crippen LogP contribution in [0.15, 0.2) is 48.7 Å². The number of benzene rings is 1. The molecule has 2 rings (SSSR count). The van der Waals surface area contributed by atoms with Crippen molar-refractivity contribution in [2.45, 2.75) is 25.5 Å². The molecule has 4 nitrogen and oxygen atoms in total. The van der Waals surface area contributed by atoms with Crippen molar-refractivity contribution in [2.24, 2.45) is 5.73 Å². The average molecular weight is 272 g/mol. The Bertz CT molecular complexity index is 514. The minimum absolute atomic E-state index is 0.105. The van der Waals surface area contributed by atoms with Gasteiger partial charge in [-0.25, -0.2) is 0 Å². The second-order valence-electron chi connectivity index (χ2n) is 4.54. The van der Waals surface area contributed by atoms with Gasteiger partial charge in [-0.2, -0.15) is 0 Å². The first-order chi connectivity index (χ1) is 9.74. The van der Waals surface area contributed by atoms with Crippen LogP contribution in [0.25, 0.3) is 0 Å². The molecule has 106 valence electrons. The van der Waals surface area contributed by atoms with Crippen LogP contribution in [-0.2, 0) is 0 Å². The van der Waals surface area contributed by atoms with Crippen LogP contribution in [0.1, 0.15) is 25.1 Å². The molecule has 2 aromatic rings. The summed E-state index contributed by atoms with van der Waals surface area (Å²) in [5.74, 6) is 1.55. The van der Waals surface area contributed by atoms with E-state index in [0.29, 0.717) is 0 Å². The number of nitrogens with zero attached hydrogens (tertiary/aromatic N) is 1. The smallest absolute Gasteiger partial charge is 0.155 e. The van der Waals surface area contributed by atoms with Crippen molar-refractivity contribution in [3.8, 4) is 11.5 Å². The number of rotatable bonds is 6. The number of hydrogen-bond acceptors (Lipinski definition) is 4. The van der Waals surface area contributed by atoms with Crippen LogP contribution in [0.5, 0.6) is 11.5 Å². The fraction of sp³-hybridized carbons (Fsp3) is 0.312. The second-order valence-corrected chi connectivity index (χ2v) is 4.54. The lowest BCUT2D eigenvalue weighted by Crippen LogP contribution is -2.32. The van der Waals surface area contributed by atoms with Crippen LogP contribution < -0.4 is 15.2 Å². The van der Waals surface area contributed by atoms with Gasteiger partial charge in [0, 0.05) is 12.2 Å². The van der Waals surface area contributed by atoms with E-state index in [-0.39, 0.29) is 12.1 Å². The largest absolute Gasteiger partial charge is 0.497 e. The summed E-state index contributed by atoms with van der Waals surface area (Å²) in [7, 11) is 1.64. The Morgan fingerprint density at radius 3 is 2.35 bits per heavy atom. The summed E-state index contributed by atoms with van der Waals surface area (Å²) in [6.45, 7) is 2.04. The summed E-state index contributed by atoms with van der Waals surface area (Å²) in [5, 5.41) is 0. The maximum Gasteiger partial charge on any atom is 0.155 e. The summed E-state index contributed by atoms with van der Waals surface area (Å²) in [6, 6.07) is 13.1. The van der Waals surface area contributed by atoms with Crippen molar-refractivity contribution < 1.29 is 9.47 Å². The molecule has 0 fully saturated rings. The van der Waals surface area contributed by atoms with Crippen LogP contribution >= 0.6 is 0 Å². The first kappa shape index (κ1) is 14.3. The molecule has 0 aliphatic heterocycles. The average Bonchev–Trinajstić information content (AvgIpc) is 2.53. The Kier molecular flexibility index (Phi) is 4.96. The molecule has 0 aliphatic rings. The molecule has 2 N–H and O–H groups in total. The minimum atomic E-state index is -0.255. The fourth-order valence-corrected chi connectivity index (χ4v) is 1.93. The Hall–Kier alpha value is -2.07. The van der Waals surface area contributed by atoms with Crippen LogP contribution in [0.3, 0.4) is 0 Å². The van der Waals surface area contributed by atoms with Gasteiger partial charge < -0.3 is 15.2 Å². The maximum atomic E-state index is 6.16. The van der Waals surface area contributed by atoms with Gasteiger partial charge in [0.15, 0.2) is 6.10 Å². The summed E-state index contributed by atoms with van der Waals surface area (Å²) in [5.41, 5.74) is 7.01. The molecule has 0 bridgehead atoms. The van der Waals surface area contributed by atoms with E-state index in [1.54, 1.807) is 13.3 Å². The van der Waals surface area contributed by atoms with Crippen molar-refractivity contribution in [1.82, 2.24) is 4.98 Å². The highest BCUT2D eigenvalue weighted by molar-refractivity contribution is 5.31. The lowest BCUT2D eigenvalue weighted by molar-refractivity contribution is 0.166. The quantitative estimate of drug-likeness (QED) is 0.878. The molecular formula is C16H20N2O2. The third kappa shape index (κ3) is 3.48. The number of hydrogen-bond donors (Lipinski definition) is 1. The van der Waals surface area contributed by atoms with E-state index in [9.17, 15) is 0 Å². The molecule has 20 heavy (non-hydrogen) atoms. The lowest BCUT2D eigenvalue weighted by Gasteiger charge is -2.23. The lowest BCUT2D eigenvalue weighted by atomic mass is 10.1. The number of nitrogens with two attached hydrogens (primary N) is 1. The molecule has 0 saturated carbocycles. The normalized spacial score (nSPS) is 13.6. The summed E-state index contributed by atoms with van der Waals surface area (Å²) in [6.07, 6.45) is 2.31. The first-order valence-electron chi connectivity index (χ1n) is 6.71. The van der Waals surface area contributed by atoms with Crippen molar-refractivity contribution >= 4 is 0 Å². The Morgan fingerprint density at radius 2 is 1.80 bits per heavy atom. The van der Waals surface area contributed by atoms with Gasteiger partial charge >= 0.3 is 0 Å². The van der Waals surface area contributed by atoms with Gasteiger partial charge in [0.2, 0.25) is 0 Å². The van der Waals surface area contributed by atoms with Gasteiger partial charge in [0.1, 0.15) is 11.5 Å². The van der Waals surface area contributed by atoms with Gasteiger partial charge in [-0.1, -0.05) is 13.0 Å². The van der Waals surface area contributed by atoms with E-state index in [4.69, 9.17) is 15.2 Å². The SMILES string of the molecule is CCC(N)C(Oc1ccc(OC)cc1)c1ccccn1. The number of pyridine rings is 1. The number of aromatic nitrogens is 1. The standard InChI is InChI=1S/C16H20N2O2/c1-3-14(17)16(15-6-4-5-11-18-15)20-13-9-7-12(19-2)8-10-13/h4-11,14,16H,3,17H2,1-2H3. The van der Waals surface area contributed by atoms with E-state index in [1.165, 1.54) is 0 Å². The topological polar surface area (TPSA) is 57.4 Å². The Morgan fingerprint density at radius 1 is 1.10 bits per heavy atom. The highest BCUT2D eigenvalue weighted by Crippen LogP contribution is 2.25. The second kappa shape index (κ2) is 6.91. The van der Waals surface area contributed by atoms with Gasteiger partial charge in [0.25, 0.3) is 0 Å². The molecule has 1 heterocycles. The van der Waals surface area contributed by atoms with Crippen LogP contribution in [0.2, 0.25) is 0 Å². The highest BCUT2D eigenvalue weighted by Gasteiger charge is 2.21. The van der Waals surface area contributed by atoms with Crippen molar-refractivity contribution in [1.29, 1.82) is 0 Å².